The van der Waals surface area contributed by atoms with E-state index in [4.69, 9.17) is 4.74 Å². The summed E-state index contributed by atoms with van der Waals surface area (Å²) in [5.41, 5.74) is 1.15. The Morgan fingerprint density at radius 2 is 2.12 bits per heavy atom. The van der Waals surface area contributed by atoms with Crippen molar-refractivity contribution in [1.29, 1.82) is 0 Å². The van der Waals surface area contributed by atoms with Crippen molar-refractivity contribution in [2.24, 2.45) is 4.99 Å². The van der Waals surface area contributed by atoms with Gasteiger partial charge in [0.1, 0.15) is 12.4 Å². The molecule has 1 saturated carbocycles. The molecule has 0 radical (unpaired) electrons. The van der Waals surface area contributed by atoms with Crippen LogP contribution in [0.15, 0.2) is 29.3 Å². The molecule has 2 N–H and O–H groups in total. The van der Waals surface area contributed by atoms with Gasteiger partial charge in [-0.3, -0.25) is 4.99 Å². The van der Waals surface area contributed by atoms with Crippen molar-refractivity contribution in [3.05, 3.63) is 29.8 Å². The highest BCUT2D eigenvalue weighted by atomic mass is 32.2. The zero-order chi connectivity index (χ0) is 18.1. The summed E-state index contributed by atoms with van der Waals surface area (Å²) in [6, 6.07) is 8.72. The highest BCUT2D eigenvalue weighted by molar-refractivity contribution is 7.99. The molecule has 2 atom stereocenters. The first-order chi connectivity index (χ1) is 12.1. The smallest absolute Gasteiger partial charge is 0.191 e. The summed E-state index contributed by atoms with van der Waals surface area (Å²) < 4.78 is 5.93. The van der Waals surface area contributed by atoms with E-state index in [9.17, 15) is 0 Å². The number of para-hydroxylation sites is 1. The number of nitrogens with one attached hydrogen (secondary N) is 2. The van der Waals surface area contributed by atoms with Crippen LogP contribution in [0.5, 0.6) is 5.75 Å². The first-order valence-electron chi connectivity index (χ1n) is 8.97. The summed E-state index contributed by atoms with van der Waals surface area (Å²) in [5.74, 6) is 1.81. The van der Waals surface area contributed by atoms with Crippen molar-refractivity contribution in [3.63, 3.8) is 0 Å². The molecule has 0 bridgehead atoms. The predicted octanol–water partition coefficient (Wildman–Crippen LogP) is 2.58. The lowest BCUT2D eigenvalue weighted by atomic mass is 10.2. The van der Waals surface area contributed by atoms with E-state index < -0.39 is 0 Å². The third-order valence-electron chi connectivity index (χ3n) is 4.50. The Morgan fingerprint density at radius 3 is 2.80 bits per heavy atom. The van der Waals surface area contributed by atoms with Gasteiger partial charge in [-0.1, -0.05) is 18.2 Å². The molecule has 1 fully saturated rings. The molecule has 1 aliphatic carbocycles. The molecule has 2 rings (SSSR count). The molecule has 1 aromatic rings. The van der Waals surface area contributed by atoms with Crippen molar-refractivity contribution in [1.82, 2.24) is 15.5 Å². The number of hydrogen-bond acceptors (Lipinski definition) is 4. The Labute approximate surface area is 156 Å². The van der Waals surface area contributed by atoms with Crippen LogP contribution in [0.4, 0.5) is 0 Å². The summed E-state index contributed by atoms with van der Waals surface area (Å²) >= 11 is 1.97. The Kier molecular flexibility index (Phi) is 8.41. The molecule has 0 heterocycles. The number of nitrogens with zero attached hydrogens (tertiary/aromatic N) is 2. The van der Waals surface area contributed by atoms with Crippen LogP contribution in [0.3, 0.4) is 0 Å². The summed E-state index contributed by atoms with van der Waals surface area (Å²) in [6.45, 7) is 2.30. The molecule has 140 valence electrons. The van der Waals surface area contributed by atoms with Gasteiger partial charge in [-0.05, 0) is 45.7 Å². The summed E-state index contributed by atoms with van der Waals surface area (Å²) in [7, 11) is 5.93. The highest BCUT2D eigenvalue weighted by Gasteiger charge is 2.24. The maximum atomic E-state index is 5.93. The van der Waals surface area contributed by atoms with Gasteiger partial charge in [0.15, 0.2) is 5.96 Å². The second kappa shape index (κ2) is 10.6. The minimum atomic E-state index is 0.523. The van der Waals surface area contributed by atoms with E-state index in [0.29, 0.717) is 19.2 Å². The van der Waals surface area contributed by atoms with Gasteiger partial charge in [-0.15, -0.1) is 0 Å². The molecule has 0 spiro atoms. The number of hydrogen-bond donors (Lipinski definition) is 2. The molecule has 5 nitrogen and oxygen atoms in total. The molecular weight excluding hydrogens is 332 g/mol. The van der Waals surface area contributed by atoms with Crippen LogP contribution in [0.2, 0.25) is 0 Å². The van der Waals surface area contributed by atoms with E-state index in [1.165, 1.54) is 19.3 Å². The zero-order valence-electron chi connectivity index (χ0n) is 15.9. The Balaban J connectivity index is 1.84. The molecule has 0 aliphatic heterocycles. The van der Waals surface area contributed by atoms with Crippen molar-refractivity contribution >= 4 is 17.7 Å². The van der Waals surface area contributed by atoms with Crippen LogP contribution < -0.4 is 15.4 Å². The third-order valence-corrected chi connectivity index (χ3v) is 5.59. The molecule has 0 aromatic heterocycles. The van der Waals surface area contributed by atoms with E-state index in [1.807, 2.05) is 37.0 Å². The lowest BCUT2D eigenvalue weighted by Crippen LogP contribution is -2.42. The Morgan fingerprint density at radius 1 is 1.32 bits per heavy atom. The fourth-order valence-electron chi connectivity index (χ4n) is 2.98. The van der Waals surface area contributed by atoms with Crippen LogP contribution in [-0.2, 0) is 6.54 Å². The highest BCUT2D eigenvalue weighted by Crippen LogP contribution is 2.28. The van der Waals surface area contributed by atoms with Crippen molar-refractivity contribution in [3.8, 4) is 5.75 Å². The number of aliphatic imine (C=N–C) groups is 1. The second-order valence-corrected chi connectivity index (χ2v) is 7.84. The molecule has 2 unspecified atom stereocenters. The zero-order valence-corrected chi connectivity index (χ0v) is 16.7. The number of guanidine groups is 1. The van der Waals surface area contributed by atoms with Gasteiger partial charge >= 0.3 is 0 Å². The van der Waals surface area contributed by atoms with Crippen LogP contribution >= 0.6 is 11.8 Å². The van der Waals surface area contributed by atoms with Gasteiger partial charge in [0.25, 0.3) is 0 Å². The molecule has 6 heteroatoms. The van der Waals surface area contributed by atoms with E-state index in [1.54, 1.807) is 0 Å². The second-order valence-electron chi connectivity index (χ2n) is 6.70. The van der Waals surface area contributed by atoms with Gasteiger partial charge in [0, 0.05) is 37.0 Å². The number of likely N-dealkylation sites (N-methyl/N-ethyl adjacent to an activating group) is 1. The third kappa shape index (κ3) is 6.78. The molecule has 0 amide bonds. The van der Waals surface area contributed by atoms with E-state index in [0.717, 1.165) is 29.1 Å². The quantitative estimate of drug-likeness (QED) is 0.548. The summed E-state index contributed by atoms with van der Waals surface area (Å²) in [5, 5.41) is 7.76. The van der Waals surface area contributed by atoms with Gasteiger partial charge in [-0.2, -0.15) is 11.8 Å². The fraction of sp³-hybridized carbons (Fsp3) is 0.632. The van der Waals surface area contributed by atoms with E-state index in [-0.39, 0.29) is 0 Å². The topological polar surface area (TPSA) is 48.9 Å². The van der Waals surface area contributed by atoms with Crippen molar-refractivity contribution < 1.29 is 4.74 Å². The minimum absolute atomic E-state index is 0.523. The van der Waals surface area contributed by atoms with Crippen molar-refractivity contribution in [2.45, 2.75) is 37.1 Å². The maximum Gasteiger partial charge on any atom is 0.191 e. The predicted molar refractivity (Wildman–Crippen MR) is 109 cm³/mol. The molecular formula is C19H32N4OS. The lowest BCUT2D eigenvalue weighted by Gasteiger charge is -2.18. The molecule has 25 heavy (non-hydrogen) atoms. The van der Waals surface area contributed by atoms with Crippen LogP contribution in [0, 0.1) is 0 Å². The Hall–Kier alpha value is -1.40. The average molecular weight is 365 g/mol. The van der Waals surface area contributed by atoms with Crippen LogP contribution in [0.25, 0.3) is 0 Å². The normalized spacial score (nSPS) is 20.8. The Bertz CT molecular complexity index is 550. The standard InChI is InChI=1S/C19H32N4OS/c1-20-19(22-16-9-10-17(13-16)25-4)21-14-15-7-5-6-8-18(15)24-12-11-23(2)3/h5-8,16-17H,9-14H2,1-4H3,(H2,20,21,22). The molecule has 0 saturated heterocycles. The van der Waals surface area contributed by atoms with Gasteiger partial charge in [0.05, 0.1) is 0 Å². The number of thioether (sulfide) groups is 1. The van der Waals surface area contributed by atoms with Crippen LogP contribution in [-0.4, -0.2) is 62.7 Å². The number of benzene rings is 1. The maximum absolute atomic E-state index is 5.93. The van der Waals surface area contributed by atoms with Crippen molar-refractivity contribution in [2.75, 3.05) is 40.6 Å². The van der Waals surface area contributed by atoms with E-state index >= 15 is 0 Å². The number of rotatable bonds is 8. The lowest BCUT2D eigenvalue weighted by molar-refractivity contribution is 0.259. The molecule has 1 aliphatic rings. The molecule has 1 aromatic carbocycles. The first kappa shape index (κ1) is 19.9. The first-order valence-corrected chi connectivity index (χ1v) is 10.3. The number of ether oxygens (including phenoxy) is 1. The van der Waals surface area contributed by atoms with Gasteiger partial charge in [0.2, 0.25) is 0 Å². The minimum Gasteiger partial charge on any atom is -0.492 e. The van der Waals surface area contributed by atoms with E-state index in [2.05, 4.69) is 46.9 Å². The summed E-state index contributed by atoms with van der Waals surface area (Å²) in [4.78, 5) is 6.49. The summed E-state index contributed by atoms with van der Waals surface area (Å²) in [6.07, 6.45) is 5.92. The SMILES string of the molecule is CN=C(NCc1ccccc1OCCN(C)C)NC1CCC(SC)C1. The monoisotopic (exact) mass is 364 g/mol. The fourth-order valence-corrected chi connectivity index (χ4v) is 3.78. The van der Waals surface area contributed by atoms with Gasteiger partial charge in [-0.25, -0.2) is 0 Å². The van der Waals surface area contributed by atoms with Crippen LogP contribution in [0.1, 0.15) is 24.8 Å². The largest absolute Gasteiger partial charge is 0.492 e. The van der Waals surface area contributed by atoms with Gasteiger partial charge < -0.3 is 20.3 Å². The average Bonchev–Trinajstić information content (AvgIpc) is 3.07.